The zero-order valence-corrected chi connectivity index (χ0v) is 17.7. The summed E-state index contributed by atoms with van der Waals surface area (Å²) in [5, 5.41) is 4.22. The lowest BCUT2D eigenvalue weighted by Crippen LogP contribution is -2.34. The summed E-state index contributed by atoms with van der Waals surface area (Å²) in [4.78, 5) is 4.03. The van der Waals surface area contributed by atoms with Gasteiger partial charge in [-0.1, -0.05) is 0 Å². The largest absolute Gasteiger partial charge is 0.497 e. The zero-order chi connectivity index (χ0) is 21.8. The lowest BCUT2D eigenvalue weighted by atomic mass is 10.1. The fourth-order valence-electron chi connectivity index (χ4n) is 3.76. The SMILES string of the molecule is COc1ccc(C2(Cn3cncn3)OCC(COc3ccc(-n4cccc4)cc3)O2)cc1. The van der Waals surface area contributed by atoms with E-state index >= 15 is 0 Å². The van der Waals surface area contributed by atoms with Crippen molar-refractivity contribution in [3.63, 3.8) is 0 Å². The standard InChI is InChI=1S/C24H24N4O4/c1-29-21-8-4-19(5-9-21)24(16-28-18-25-17-26-28)31-15-23(32-24)14-30-22-10-6-20(7-11-22)27-12-2-3-13-27/h2-13,17-18,23H,14-16H2,1H3. The van der Waals surface area contributed by atoms with E-state index in [1.807, 2.05) is 77.6 Å². The van der Waals surface area contributed by atoms with E-state index in [1.54, 1.807) is 18.1 Å². The summed E-state index contributed by atoms with van der Waals surface area (Å²) in [5.74, 6) is 0.570. The summed E-state index contributed by atoms with van der Waals surface area (Å²) in [5.41, 5.74) is 1.96. The number of hydrogen-bond donors (Lipinski definition) is 0. The molecule has 5 rings (SSSR count). The number of nitrogens with zero attached hydrogens (tertiary/aromatic N) is 4. The molecule has 1 aliphatic heterocycles. The first-order valence-corrected chi connectivity index (χ1v) is 10.4. The van der Waals surface area contributed by atoms with Gasteiger partial charge in [0.25, 0.3) is 0 Å². The maximum atomic E-state index is 6.41. The molecule has 8 nitrogen and oxygen atoms in total. The predicted molar refractivity (Wildman–Crippen MR) is 117 cm³/mol. The second kappa shape index (κ2) is 8.86. The van der Waals surface area contributed by atoms with Crippen LogP contribution in [0.4, 0.5) is 0 Å². The van der Waals surface area contributed by atoms with Gasteiger partial charge in [-0.3, -0.25) is 0 Å². The van der Waals surface area contributed by atoms with E-state index in [0.29, 0.717) is 19.8 Å². The number of hydrogen-bond acceptors (Lipinski definition) is 6. The molecule has 0 spiro atoms. The van der Waals surface area contributed by atoms with Crippen molar-refractivity contribution in [2.45, 2.75) is 18.4 Å². The first-order chi connectivity index (χ1) is 15.7. The first-order valence-electron chi connectivity index (χ1n) is 10.4. The summed E-state index contributed by atoms with van der Waals surface area (Å²) in [6, 6.07) is 19.6. The fourth-order valence-corrected chi connectivity index (χ4v) is 3.76. The summed E-state index contributed by atoms with van der Waals surface area (Å²) in [6.07, 6.45) is 6.92. The van der Waals surface area contributed by atoms with Crippen LogP contribution in [-0.2, 0) is 21.8 Å². The van der Waals surface area contributed by atoms with Gasteiger partial charge in [-0.25, -0.2) is 9.67 Å². The molecule has 4 aromatic rings. The van der Waals surface area contributed by atoms with Crippen molar-refractivity contribution in [1.82, 2.24) is 19.3 Å². The highest BCUT2D eigenvalue weighted by Gasteiger charge is 2.44. The lowest BCUT2D eigenvalue weighted by Gasteiger charge is -2.28. The molecule has 0 amide bonds. The normalized spacial score (nSPS) is 20.3. The Balaban J connectivity index is 1.27. The maximum Gasteiger partial charge on any atom is 0.215 e. The van der Waals surface area contributed by atoms with Crippen LogP contribution in [0.1, 0.15) is 5.56 Å². The molecule has 32 heavy (non-hydrogen) atoms. The van der Waals surface area contributed by atoms with Crippen molar-refractivity contribution >= 4 is 0 Å². The third kappa shape index (κ3) is 4.23. The molecule has 0 radical (unpaired) electrons. The smallest absolute Gasteiger partial charge is 0.215 e. The Kier molecular flexibility index (Phi) is 5.62. The van der Waals surface area contributed by atoms with Gasteiger partial charge in [0.1, 0.15) is 43.4 Å². The van der Waals surface area contributed by atoms with Gasteiger partial charge in [0.05, 0.1) is 13.7 Å². The highest BCUT2D eigenvalue weighted by molar-refractivity contribution is 5.37. The minimum absolute atomic E-state index is 0.232. The van der Waals surface area contributed by atoms with E-state index < -0.39 is 5.79 Å². The van der Waals surface area contributed by atoms with Crippen molar-refractivity contribution in [3.05, 3.63) is 91.3 Å². The summed E-state index contributed by atoms with van der Waals surface area (Å²) < 4.78 is 27.6. The van der Waals surface area contributed by atoms with Gasteiger partial charge in [-0.15, -0.1) is 0 Å². The topological polar surface area (TPSA) is 72.6 Å². The molecule has 2 unspecified atom stereocenters. The number of methoxy groups -OCH3 is 1. The van der Waals surface area contributed by atoms with E-state index in [-0.39, 0.29) is 6.10 Å². The van der Waals surface area contributed by atoms with Crippen LogP contribution in [0.25, 0.3) is 5.69 Å². The van der Waals surface area contributed by atoms with E-state index in [0.717, 1.165) is 22.7 Å². The minimum atomic E-state index is -0.980. The summed E-state index contributed by atoms with van der Waals surface area (Å²) >= 11 is 0. The lowest BCUT2D eigenvalue weighted by molar-refractivity contribution is -0.190. The van der Waals surface area contributed by atoms with E-state index in [1.165, 1.54) is 6.33 Å². The van der Waals surface area contributed by atoms with Crippen LogP contribution < -0.4 is 9.47 Å². The Morgan fingerprint density at radius 2 is 1.78 bits per heavy atom. The average Bonchev–Trinajstić information content (AvgIpc) is 3.62. The number of benzene rings is 2. The van der Waals surface area contributed by atoms with Crippen LogP contribution >= 0.6 is 0 Å². The zero-order valence-electron chi connectivity index (χ0n) is 17.7. The quantitative estimate of drug-likeness (QED) is 0.425. The van der Waals surface area contributed by atoms with Gasteiger partial charge in [0.15, 0.2) is 0 Å². The Hall–Kier alpha value is -3.62. The number of rotatable bonds is 8. The molecule has 164 valence electrons. The summed E-state index contributed by atoms with van der Waals surface area (Å²) in [6.45, 7) is 1.15. The van der Waals surface area contributed by atoms with Crippen molar-refractivity contribution in [2.75, 3.05) is 20.3 Å². The predicted octanol–water partition coefficient (Wildman–Crippen LogP) is 3.42. The molecule has 0 saturated carbocycles. The Labute approximate surface area is 185 Å². The summed E-state index contributed by atoms with van der Waals surface area (Å²) in [7, 11) is 1.64. The molecule has 3 heterocycles. The Bertz CT molecular complexity index is 1110. The fraction of sp³-hybridized carbons (Fsp3) is 0.250. The molecular weight excluding hydrogens is 408 g/mol. The van der Waals surface area contributed by atoms with Gasteiger partial charge < -0.3 is 23.5 Å². The Morgan fingerprint density at radius 1 is 1.03 bits per heavy atom. The Morgan fingerprint density at radius 3 is 2.47 bits per heavy atom. The van der Waals surface area contributed by atoms with Crippen LogP contribution in [0.3, 0.4) is 0 Å². The highest BCUT2D eigenvalue weighted by Crippen LogP contribution is 2.37. The molecule has 8 heteroatoms. The molecule has 1 aliphatic rings. The van der Waals surface area contributed by atoms with Crippen molar-refractivity contribution < 1.29 is 18.9 Å². The van der Waals surface area contributed by atoms with Crippen LogP contribution in [-0.4, -0.2) is 45.8 Å². The third-order valence-electron chi connectivity index (χ3n) is 5.40. The van der Waals surface area contributed by atoms with Crippen LogP contribution in [0.2, 0.25) is 0 Å². The molecule has 0 bridgehead atoms. The van der Waals surface area contributed by atoms with Crippen molar-refractivity contribution in [2.24, 2.45) is 0 Å². The van der Waals surface area contributed by atoms with E-state index in [4.69, 9.17) is 18.9 Å². The van der Waals surface area contributed by atoms with Crippen molar-refractivity contribution in [3.8, 4) is 17.2 Å². The monoisotopic (exact) mass is 432 g/mol. The van der Waals surface area contributed by atoms with Gasteiger partial charge in [-0.2, -0.15) is 5.10 Å². The molecule has 2 atom stereocenters. The average molecular weight is 432 g/mol. The number of ether oxygens (including phenoxy) is 4. The van der Waals surface area contributed by atoms with Crippen LogP contribution in [0.15, 0.2) is 85.7 Å². The molecule has 1 fully saturated rings. The van der Waals surface area contributed by atoms with Crippen LogP contribution in [0.5, 0.6) is 11.5 Å². The highest BCUT2D eigenvalue weighted by atomic mass is 16.8. The van der Waals surface area contributed by atoms with Crippen molar-refractivity contribution in [1.29, 1.82) is 0 Å². The van der Waals surface area contributed by atoms with E-state index in [9.17, 15) is 0 Å². The molecule has 0 aliphatic carbocycles. The van der Waals surface area contributed by atoms with Gasteiger partial charge in [-0.05, 0) is 60.7 Å². The third-order valence-corrected chi connectivity index (χ3v) is 5.40. The molecule has 1 saturated heterocycles. The second-order valence-corrected chi connectivity index (χ2v) is 7.52. The molecular formula is C24H24N4O4. The molecule has 2 aromatic heterocycles. The number of aromatic nitrogens is 4. The first kappa shape index (κ1) is 20.3. The maximum absolute atomic E-state index is 6.41. The van der Waals surface area contributed by atoms with Gasteiger partial charge in [0, 0.05) is 23.6 Å². The van der Waals surface area contributed by atoms with Gasteiger partial charge >= 0.3 is 0 Å². The molecule has 0 N–H and O–H groups in total. The molecule has 2 aromatic carbocycles. The second-order valence-electron chi connectivity index (χ2n) is 7.52. The van der Waals surface area contributed by atoms with E-state index in [2.05, 4.69) is 10.1 Å². The van der Waals surface area contributed by atoms with Crippen LogP contribution in [0, 0.1) is 0 Å². The minimum Gasteiger partial charge on any atom is -0.497 e. The van der Waals surface area contributed by atoms with Gasteiger partial charge in [0.2, 0.25) is 5.79 Å².